The monoisotopic (exact) mass is 328 g/mol. The third kappa shape index (κ3) is 4.37. The lowest BCUT2D eigenvalue weighted by atomic mass is 10.4. The van der Waals surface area contributed by atoms with E-state index in [1.54, 1.807) is 13.0 Å². The summed E-state index contributed by atoms with van der Waals surface area (Å²) in [6.07, 6.45) is 0. The van der Waals surface area contributed by atoms with Crippen molar-refractivity contribution >= 4 is 16.0 Å². The molecule has 1 aromatic carbocycles. The summed E-state index contributed by atoms with van der Waals surface area (Å²) in [5, 5.41) is 3.63. The van der Waals surface area contributed by atoms with Crippen LogP contribution >= 0.6 is 0 Å². The second-order valence-electron chi connectivity index (χ2n) is 4.37. The van der Waals surface area contributed by atoms with E-state index in [9.17, 15) is 17.6 Å². The van der Waals surface area contributed by atoms with Crippen LogP contribution in [0.5, 0.6) is 0 Å². The second-order valence-corrected chi connectivity index (χ2v) is 6.14. The molecule has 0 bridgehead atoms. The van der Waals surface area contributed by atoms with E-state index in [1.807, 2.05) is 0 Å². The molecule has 9 heteroatoms. The number of hydrogen-bond acceptors (Lipinski definition) is 6. The molecule has 0 aliphatic carbocycles. The van der Waals surface area contributed by atoms with Crippen LogP contribution in [0.25, 0.3) is 0 Å². The van der Waals surface area contributed by atoms with Crippen LogP contribution in [0.2, 0.25) is 0 Å². The van der Waals surface area contributed by atoms with E-state index in [2.05, 4.69) is 9.88 Å². The number of aromatic nitrogens is 1. The van der Waals surface area contributed by atoms with Crippen molar-refractivity contribution in [3.8, 4) is 0 Å². The normalized spacial score (nSPS) is 11.4. The van der Waals surface area contributed by atoms with Gasteiger partial charge in [0.05, 0.1) is 4.90 Å². The topological polar surface area (TPSA) is 98.5 Å². The van der Waals surface area contributed by atoms with Crippen LogP contribution in [0.15, 0.2) is 39.8 Å². The van der Waals surface area contributed by atoms with E-state index < -0.39 is 28.4 Å². The van der Waals surface area contributed by atoms with Gasteiger partial charge in [-0.1, -0.05) is 5.16 Å². The summed E-state index contributed by atoms with van der Waals surface area (Å²) >= 11 is 0. The molecule has 118 valence electrons. The quantitative estimate of drug-likeness (QED) is 0.799. The molecule has 0 atom stereocenters. The molecule has 7 nitrogen and oxygen atoms in total. The molecule has 1 N–H and O–H groups in total. The first-order valence-electron chi connectivity index (χ1n) is 6.20. The van der Waals surface area contributed by atoms with E-state index >= 15 is 0 Å². The molecule has 0 radical (unpaired) electrons. The second kappa shape index (κ2) is 6.67. The molecular formula is C13H13FN2O5S. The van der Waals surface area contributed by atoms with Gasteiger partial charge in [0.2, 0.25) is 10.0 Å². The van der Waals surface area contributed by atoms with Crippen LogP contribution in [0.4, 0.5) is 4.39 Å². The Morgan fingerprint density at radius 1 is 1.36 bits per heavy atom. The smallest absolute Gasteiger partial charge is 0.321 e. The first kappa shape index (κ1) is 16.1. The number of benzene rings is 1. The summed E-state index contributed by atoms with van der Waals surface area (Å²) in [7, 11) is -3.90. The summed E-state index contributed by atoms with van der Waals surface area (Å²) in [6, 6.07) is 5.82. The van der Waals surface area contributed by atoms with E-state index in [1.165, 1.54) is 0 Å². The number of aryl methyl sites for hydroxylation is 1. The van der Waals surface area contributed by atoms with Gasteiger partial charge in [-0.05, 0) is 31.2 Å². The van der Waals surface area contributed by atoms with Gasteiger partial charge in [0, 0.05) is 6.07 Å². The molecule has 1 aromatic heterocycles. The van der Waals surface area contributed by atoms with Crippen molar-refractivity contribution in [3.63, 3.8) is 0 Å². The zero-order valence-electron chi connectivity index (χ0n) is 11.6. The molecule has 0 saturated carbocycles. The van der Waals surface area contributed by atoms with E-state index in [-0.39, 0.29) is 11.5 Å². The molecule has 0 unspecified atom stereocenters. The maximum Gasteiger partial charge on any atom is 0.321 e. The van der Waals surface area contributed by atoms with Crippen LogP contribution in [0, 0.1) is 12.7 Å². The lowest BCUT2D eigenvalue weighted by Crippen LogP contribution is -2.30. The number of carbonyl (C=O) groups is 1. The Balaban J connectivity index is 1.86. The van der Waals surface area contributed by atoms with Crippen molar-refractivity contribution in [1.82, 2.24) is 9.88 Å². The van der Waals surface area contributed by atoms with Crippen molar-refractivity contribution in [2.45, 2.75) is 18.4 Å². The highest BCUT2D eigenvalue weighted by atomic mass is 32.2. The molecule has 0 amide bonds. The molecule has 1 heterocycles. The number of esters is 1. The van der Waals surface area contributed by atoms with Crippen molar-refractivity contribution in [2.24, 2.45) is 0 Å². The standard InChI is InChI=1S/C13H13FN2O5S/c1-9-6-11(16-21-9)8-20-13(17)7-15-22(18,19)12-4-2-10(14)3-5-12/h2-6,15H,7-8H2,1H3. The minimum absolute atomic E-state index is 0.117. The van der Waals surface area contributed by atoms with E-state index in [0.717, 1.165) is 24.3 Å². The Morgan fingerprint density at radius 2 is 2.05 bits per heavy atom. The van der Waals surface area contributed by atoms with Crippen molar-refractivity contribution in [1.29, 1.82) is 0 Å². The van der Waals surface area contributed by atoms with E-state index in [0.29, 0.717) is 11.5 Å². The third-order valence-corrected chi connectivity index (χ3v) is 4.01. The number of rotatable bonds is 6. The Kier molecular flexibility index (Phi) is 4.88. The van der Waals surface area contributed by atoms with Gasteiger partial charge < -0.3 is 9.26 Å². The molecule has 0 spiro atoms. The van der Waals surface area contributed by atoms with Crippen molar-refractivity contribution in [3.05, 3.63) is 47.6 Å². The van der Waals surface area contributed by atoms with Crippen molar-refractivity contribution in [2.75, 3.05) is 6.54 Å². The van der Waals surface area contributed by atoms with Crippen LogP contribution in [0.3, 0.4) is 0 Å². The first-order valence-corrected chi connectivity index (χ1v) is 7.68. The molecule has 0 aliphatic rings. The molecule has 0 fully saturated rings. The van der Waals surface area contributed by atoms with Gasteiger partial charge in [0.15, 0.2) is 0 Å². The van der Waals surface area contributed by atoms with Crippen LogP contribution in [-0.4, -0.2) is 26.1 Å². The Bertz CT molecular complexity index is 755. The fourth-order valence-corrected chi connectivity index (χ4v) is 2.51. The minimum Gasteiger partial charge on any atom is -0.458 e. The van der Waals surface area contributed by atoms with Crippen molar-refractivity contribution < 1.29 is 26.9 Å². The lowest BCUT2D eigenvalue weighted by molar-refractivity contribution is -0.143. The fourth-order valence-electron chi connectivity index (χ4n) is 1.54. The lowest BCUT2D eigenvalue weighted by Gasteiger charge is -2.06. The number of sulfonamides is 1. The number of nitrogens with one attached hydrogen (secondary N) is 1. The molecule has 22 heavy (non-hydrogen) atoms. The summed E-state index contributed by atoms with van der Waals surface area (Å²) in [4.78, 5) is 11.3. The average molecular weight is 328 g/mol. The summed E-state index contributed by atoms with van der Waals surface area (Å²) in [6.45, 7) is 1.03. The maximum atomic E-state index is 12.7. The molecule has 2 rings (SSSR count). The molecule has 0 aliphatic heterocycles. The van der Waals surface area contributed by atoms with Gasteiger partial charge in [0.1, 0.15) is 30.4 Å². The average Bonchev–Trinajstić information content (AvgIpc) is 2.89. The number of hydrogen-bond donors (Lipinski definition) is 1. The molecular weight excluding hydrogens is 315 g/mol. The van der Waals surface area contributed by atoms with Gasteiger partial charge >= 0.3 is 5.97 Å². The van der Waals surface area contributed by atoms with Crippen LogP contribution < -0.4 is 4.72 Å². The third-order valence-electron chi connectivity index (χ3n) is 2.59. The highest BCUT2D eigenvalue weighted by molar-refractivity contribution is 7.89. The van der Waals surface area contributed by atoms with Gasteiger partial charge in [-0.3, -0.25) is 4.79 Å². The van der Waals surface area contributed by atoms with Gasteiger partial charge in [-0.25, -0.2) is 12.8 Å². The highest BCUT2D eigenvalue weighted by Gasteiger charge is 2.16. The zero-order chi connectivity index (χ0) is 16.2. The zero-order valence-corrected chi connectivity index (χ0v) is 12.4. The van der Waals surface area contributed by atoms with Gasteiger partial charge in [-0.15, -0.1) is 0 Å². The number of nitrogens with zero attached hydrogens (tertiary/aromatic N) is 1. The summed E-state index contributed by atoms with van der Waals surface area (Å²) < 4.78 is 48.2. The fraction of sp³-hybridized carbons (Fsp3) is 0.231. The SMILES string of the molecule is Cc1cc(COC(=O)CNS(=O)(=O)c2ccc(F)cc2)no1. The molecule has 2 aromatic rings. The van der Waals surface area contributed by atoms with Gasteiger partial charge in [-0.2, -0.15) is 4.72 Å². The minimum atomic E-state index is -3.90. The highest BCUT2D eigenvalue weighted by Crippen LogP contribution is 2.09. The first-order chi connectivity index (χ1) is 10.4. The number of halogens is 1. The largest absolute Gasteiger partial charge is 0.458 e. The predicted octanol–water partition coefficient (Wildman–Crippen LogP) is 1.14. The summed E-state index contributed by atoms with van der Waals surface area (Å²) in [5.74, 6) is -0.754. The summed E-state index contributed by atoms with van der Waals surface area (Å²) in [5.41, 5.74) is 0.423. The van der Waals surface area contributed by atoms with Crippen LogP contribution in [-0.2, 0) is 26.2 Å². The van der Waals surface area contributed by atoms with Gasteiger partial charge in [0.25, 0.3) is 0 Å². The Labute approximate surface area is 126 Å². The number of ether oxygens (including phenoxy) is 1. The maximum absolute atomic E-state index is 12.7. The molecule has 0 saturated heterocycles. The Hall–Kier alpha value is -2.26. The van der Waals surface area contributed by atoms with E-state index in [4.69, 9.17) is 9.26 Å². The number of carbonyl (C=O) groups excluding carboxylic acids is 1. The Morgan fingerprint density at radius 3 is 2.64 bits per heavy atom. The predicted molar refractivity (Wildman–Crippen MR) is 72.6 cm³/mol. The van der Waals surface area contributed by atoms with Crippen LogP contribution in [0.1, 0.15) is 11.5 Å².